The second-order valence-electron chi connectivity index (χ2n) is 8.78. The average Bonchev–Trinajstić information content (AvgIpc) is 2.51. The van der Waals surface area contributed by atoms with Crippen molar-refractivity contribution in [3.8, 4) is 0 Å². The van der Waals surface area contributed by atoms with Gasteiger partial charge in [-0.05, 0) is 65.5 Å². The molecule has 162 valence electrons. The second kappa shape index (κ2) is 7.88. The van der Waals surface area contributed by atoms with Crippen LogP contribution in [0.1, 0.15) is 60.7 Å². The Morgan fingerprint density at radius 3 is 1.93 bits per heavy atom. The fraction of sp³-hybridized carbons (Fsp3) is 0.619. The molecule has 0 bridgehead atoms. The van der Waals surface area contributed by atoms with E-state index < -0.39 is 42.2 Å². The van der Waals surface area contributed by atoms with Gasteiger partial charge in [-0.3, -0.25) is 4.79 Å². The number of hydrogen-bond donors (Lipinski definition) is 1. The molecule has 1 heterocycles. The van der Waals surface area contributed by atoms with Gasteiger partial charge in [-0.1, -0.05) is 17.7 Å². The zero-order valence-corrected chi connectivity index (χ0v) is 17.8. The Morgan fingerprint density at radius 2 is 1.52 bits per heavy atom. The summed E-state index contributed by atoms with van der Waals surface area (Å²) in [6.07, 6.45) is -6.14. The third-order valence-electron chi connectivity index (χ3n) is 5.07. The number of rotatable bonds is 2. The van der Waals surface area contributed by atoms with Gasteiger partial charge in [0.15, 0.2) is 0 Å². The van der Waals surface area contributed by atoms with E-state index in [0.29, 0.717) is 11.1 Å². The van der Waals surface area contributed by atoms with Gasteiger partial charge in [0.05, 0.1) is 0 Å². The van der Waals surface area contributed by atoms with Crippen LogP contribution in [0.4, 0.5) is 18.0 Å². The van der Waals surface area contributed by atoms with Crippen LogP contribution in [0.15, 0.2) is 12.1 Å². The van der Waals surface area contributed by atoms with Crippen LogP contribution >= 0.6 is 0 Å². The molecule has 2 rings (SSSR count). The van der Waals surface area contributed by atoms with E-state index >= 15 is 0 Å². The zero-order valence-electron chi connectivity index (χ0n) is 17.8. The minimum atomic E-state index is -4.64. The van der Waals surface area contributed by atoms with Crippen molar-refractivity contribution in [2.75, 3.05) is 13.1 Å². The first-order valence-electron chi connectivity index (χ1n) is 9.60. The van der Waals surface area contributed by atoms with E-state index in [1.165, 1.54) is 4.90 Å². The van der Waals surface area contributed by atoms with Crippen molar-refractivity contribution < 1.29 is 27.5 Å². The molecule has 1 aliphatic heterocycles. The van der Waals surface area contributed by atoms with Gasteiger partial charge in [-0.15, -0.1) is 0 Å². The minimum absolute atomic E-state index is 0.152. The van der Waals surface area contributed by atoms with Gasteiger partial charge in [-0.2, -0.15) is 13.2 Å². The Kier molecular flexibility index (Phi) is 6.26. The predicted molar refractivity (Wildman–Crippen MR) is 104 cm³/mol. The van der Waals surface area contributed by atoms with Crippen LogP contribution in [-0.2, 0) is 4.74 Å². The highest BCUT2D eigenvalue weighted by molar-refractivity contribution is 5.97. The highest BCUT2D eigenvalue weighted by atomic mass is 19.4. The van der Waals surface area contributed by atoms with Gasteiger partial charge in [0.1, 0.15) is 11.1 Å². The topological polar surface area (TPSA) is 58.6 Å². The Balaban J connectivity index is 2.22. The van der Waals surface area contributed by atoms with E-state index in [2.05, 4.69) is 5.32 Å². The van der Waals surface area contributed by atoms with Crippen LogP contribution in [0.25, 0.3) is 0 Å². The lowest BCUT2D eigenvalue weighted by atomic mass is 9.86. The lowest BCUT2D eigenvalue weighted by molar-refractivity contribution is -0.204. The fourth-order valence-corrected chi connectivity index (χ4v) is 3.69. The summed E-state index contributed by atoms with van der Waals surface area (Å²) in [6.45, 7) is 10.1. The maximum atomic E-state index is 14.0. The predicted octanol–water partition coefficient (Wildman–Crippen LogP) is 4.67. The highest BCUT2D eigenvalue weighted by Crippen LogP contribution is 2.39. The third-order valence-corrected chi connectivity index (χ3v) is 5.07. The van der Waals surface area contributed by atoms with Gasteiger partial charge in [0.25, 0.3) is 5.91 Å². The number of hydrogen-bond acceptors (Lipinski definition) is 3. The molecule has 29 heavy (non-hydrogen) atoms. The summed E-state index contributed by atoms with van der Waals surface area (Å²) < 4.78 is 47.2. The first-order chi connectivity index (χ1) is 13.2. The van der Waals surface area contributed by atoms with Crippen molar-refractivity contribution in [1.29, 1.82) is 0 Å². The molecule has 0 radical (unpaired) electrons. The fourth-order valence-electron chi connectivity index (χ4n) is 3.69. The Bertz CT molecular complexity index is 766. The first kappa shape index (κ1) is 23.0. The van der Waals surface area contributed by atoms with Crippen LogP contribution < -0.4 is 5.32 Å². The number of ether oxygens (including phenoxy) is 1. The maximum Gasteiger partial charge on any atom is 0.411 e. The second-order valence-corrected chi connectivity index (χ2v) is 8.78. The van der Waals surface area contributed by atoms with Gasteiger partial charge in [0.2, 0.25) is 0 Å². The van der Waals surface area contributed by atoms with Crippen LogP contribution in [0, 0.1) is 20.8 Å². The van der Waals surface area contributed by atoms with E-state index in [-0.39, 0.29) is 18.7 Å². The molecule has 0 saturated carbocycles. The van der Waals surface area contributed by atoms with Crippen molar-refractivity contribution >= 4 is 12.0 Å². The molecular weight excluding hydrogens is 385 g/mol. The van der Waals surface area contributed by atoms with Crippen molar-refractivity contribution in [2.24, 2.45) is 0 Å². The molecule has 8 heteroatoms. The normalized spacial score (nSPS) is 17.1. The molecule has 1 aromatic rings. The minimum Gasteiger partial charge on any atom is -0.444 e. The largest absolute Gasteiger partial charge is 0.444 e. The number of amides is 2. The number of piperidine rings is 1. The SMILES string of the molecule is Cc1cc(C)c(C(=O)NC2(C(F)(F)F)CCN(C(=O)OC(C)(C)C)CC2)c(C)c1. The third kappa shape index (κ3) is 5.22. The smallest absolute Gasteiger partial charge is 0.411 e. The Hall–Kier alpha value is -2.25. The molecule has 1 aliphatic rings. The van der Waals surface area contributed by atoms with Crippen molar-refractivity contribution in [3.63, 3.8) is 0 Å². The summed E-state index contributed by atoms with van der Waals surface area (Å²) in [5.41, 5.74) is -0.662. The number of benzene rings is 1. The molecule has 1 N–H and O–H groups in total. The van der Waals surface area contributed by atoms with Gasteiger partial charge < -0.3 is 15.0 Å². The zero-order chi connectivity index (χ0) is 22.2. The number of carbonyl (C=O) groups is 2. The molecule has 0 spiro atoms. The Morgan fingerprint density at radius 1 is 1.03 bits per heavy atom. The Labute approximate surface area is 169 Å². The highest BCUT2D eigenvalue weighted by Gasteiger charge is 2.57. The van der Waals surface area contributed by atoms with E-state index in [0.717, 1.165) is 5.56 Å². The monoisotopic (exact) mass is 414 g/mol. The number of likely N-dealkylation sites (tertiary alicyclic amines) is 1. The van der Waals surface area contributed by atoms with Crippen molar-refractivity contribution in [3.05, 3.63) is 34.4 Å². The summed E-state index contributed by atoms with van der Waals surface area (Å²) in [6, 6.07) is 3.54. The maximum absolute atomic E-state index is 14.0. The van der Waals surface area contributed by atoms with Crippen LogP contribution in [0.3, 0.4) is 0 Å². The summed E-state index contributed by atoms with van der Waals surface area (Å²) in [5.74, 6) is -0.747. The van der Waals surface area contributed by atoms with E-state index in [9.17, 15) is 22.8 Å². The molecule has 1 fully saturated rings. The number of halogens is 3. The quantitative estimate of drug-likeness (QED) is 0.765. The molecule has 0 aromatic heterocycles. The molecular formula is C21H29F3N2O3. The van der Waals surface area contributed by atoms with Gasteiger partial charge >= 0.3 is 12.3 Å². The number of nitrogens with one attached hydrogen (secondary N) is 1. The van der Waals surface area contributed by atoms with Gasteiger partial charge in [0, 0.05) is 18.7 Å². The molecule has 2 amide bonds. The van der Waals surface area contributed by atoms with Crippen LogP contribution in [0.2, 0.25) is 0 Å². The summed E-state index contributed by atoms with van der Waals surface area (Å²) in [5, 5.41) is 2.25. The molecule has 5 nitrogen and oxygen atoms in total. The molecule has 1 saturated heterocycles. The molecule has 0 aliphatic carbocycles. The number of aryl methyl sites for hydroxylation is 3. The molecule has 0 unspecified atom stereocenters. The lowest BCUT2D eigenvalue weighted by Crippen LogP contribution is -2.64. The molecule has 1 aromatic carbocycles. The van der Waals surface area contributed by atoms with E-state index in [4.69, 9.17) is 4.74 Å². The van der Waals surface area contributed by atoms with Gasteiger partial charge in [-0.25, -0.2) is 4.79 Å². The van der Waals surface area contributed by atoms with Crippen molar-refractivity contribution in [2.45, 2.75) is 71.7 Å². The van der Waals surface area contributed by atoms with E-state index in [1.807, 2.05) is 6.92 Å². The lowest BCUT2D eigenvalue weighted by Gasteiger charge is -2.43. The number of nitrogens with zero attached hydrogens (tertiary/aromatic N) is 1. The summed E-state index contributed by atoms with van der Waals surface area (Å²) in [7, 11) is 0. The van der Waals surface area contributed by atoms with E-state index in [1.54, 1.807) is 46.8 Å². The standard InChI is InChI=1S/C21H29F3N2O3/c1-13-11-14(2)16(15(3)12-13)17(27)25-20(21(22,23)24)7-9-26(10-8-20)18(28)29-19(4,5)6/h11-12H,7-10H2,1-6H3,(H,25,27). The summed E-state index contributed by atoms with van der Waals surface area (Å²) >= 11 is 0. The summed E-state index contributed by atoms with van der Waals surface area (Å²) in [4.78, 5) is 26.2. The average molecular weight is 414 g/mol. The van der Waals surface area contributed by atoms with Crippen LogP contribution in [-0.4, -0.2) is 47.3 Å². The number of alkyl halides is 3. The van der Waals surface area contributed by atoms with Crippen LogP contribution in [0.5, 0.6) is 0 Å². The number of carbonyl (C=O) groups excluding carboxylic acids is 2. The molecule has 0 atom stereocenters. The van der Waals surface area contributed by atoms with Crippen molar-refractivity contribution in [1.82, 2.24) is 10.2 Å². The first-order valence-corrected chi connectivity index (χ1v) is 9.60.